The Hall–Kier alpha value is -0.240. The molecule has 0 saturated carbocycles. The third kappa shape index (κ3) is 5.72. The van der Waals surface area contributed by atoms with Gasteiger partial charge >= 0.3 is 0 Å². The van der Waals surface area contributed by atoms with E-state index < -0.39 is 0 Å². The molecule has 0 bridgehead atoms. The van der Waals surface area contributed by atoms with Crippen LogP contribution in [0.1, 0.15) is 45.6 Å². The van der Waals surface area contributed by atoms with Gasteiger partial charge < -0.3 is 5.32 Å². The average Bonchev–Trinajstić information content (AvgIpc) is 2.34. The maximum Gasteiger partial charge on any atom is 0.0439 e. The summed E-state index contributed by atoms with van der Waals surface area (Å²) in [6, 6.07) is 5.74. The van der Waals surface area contributed by atoms with Crippen molar-refractivity contribution in [3.05, 3.63) is 33.8 Å². The van der Waals surface area contributed by atoms with Gasteiger partial charge in [0.15, 0.2) is 0 Å². The van der Waals surface area contributed by atoms with Crippen LogP contribution in [-0.2, 0) is 6.42 Å². The highest BCUT2D eigenvalue weighted by atomic mass is 35.5. The van der Waals surface area contributed by atoms with Crippen molar-refractivity contribution in [3.63, 3.8) is 0 Å². The number of halogens is 2. The van der Waals surface area contributed by atoms with Gasteiger partial charge in [0.2, 0.25) is 0 Å². The fraction of sp³-hybridized carbons (Fsp3) is 0.625. The summed E-state index contributed by atoms with van der Waals surface area (Å²) in [6.45, 7) is 8.85. The van der Waals surface area contributed by atoms with Crippen LogP contribution in [0.2, 0.25) is 10.0 Å². The first-order chi connectivity index (χ1) is 9.00. The smallest absolute Gasteiger partial charge is 0.0439 e. The Labute approximate surface area is 127 Å². The van der Waals surface area contributed by atoms with Crippen molar-refractivity contribution in [2.75, 3.05) is 13.1 Å². The summed E-state index contributed by atoms with van der Waals surface area (Å²) < 4.78 is 0. The van der Waals surface area contributed by atoms with E-state index in [2.05, 4.69) is 26.1 Å². The van der Waals surface area contributed by atoms with Gasteiger partial charge in [-0.1, -0.05) is 50.4 Å². The summed E-state index contributed by atoms with van der Waals surface area (Å²) >= 11 is 12.4. The minimum absolute atomic E-state index is 0.234. The Morgan fingerprint density at radius 3 is 2.53 bits per heavy atom. The van der Waals surface area contributed by atoms with E-state index in [9.17, 15) is 0 Å². The van der Waals surface area contributed by atoms with E-state index in [1.807, 2.05) is 18.2 Å². The highest BCUT2D eigenvalue weighted by Gasteiger charge is 2.24. The zero-order chi connectivity index (χ0) is 14.3. The first-order valence-electron chi connectivity index (χ1n) is 7.15. The molecule has 0 radical (unpaired) electrons. The van der Waals surface area contributed by atoms with Gasteiger partial charge in [-0.15, -0.1) is 0 Å². The van der Waals surface area contributed by atoms with Gasteiger partial charge in [-0.3, -0.25) is 0 Å². The SMILES string of the molecule is CCCNCC(C)(CCC)Cc1cc(Cl)ccc1Cl. The van der Waals surface area contributed by atoms with Crippen LogP contribution in [0.3, 0.4) is 0 Å². The fourth-order valence-electron chi connectivity index (χ4n) is 2.55. The van der Waals surface area contributed by atoms with Crippen LogP contribution >= 0.6 is 23.2 Å². The zero-order valence-electron chi connectivity index (χ0n) is 12.2. The van der Waals surface area contributed by atoms with E-state index in [0.717, 1.165) is 35.1 Å². The summed E-state index contributed by atoms with van der Waals surface area (Å²) in [5.41, 5.74) is 1.39. The molecule has 1 unspecified atom stereocenters. The maximum atomic E-state index is 6.28. The Balaban J connectivity index is 2.78. The van der Waals surface area contributed by atoms with Crippen molar-refractivity contribution in [1.82, 2.24) is 5.32 Å². The average molecular weight is 302 g/mol. The molecular formula is C16H25Cl2N. The third-order valence-corrected chi connectivity index (χ3v) is 4.06. The number of hydrogen-bond donors (Lipinski definition) is 1. The first-order valence-corrected chi connectivity index (χ1v) is 7.91. The minimum atomic E-state index is 0.234. The number of hydrogen-bond acceptors (Lipinski definition) is 1. The van der Waals surface area contributed by atoms with Gasteiger partial charge in [0, 0.05) is 16.6 Å². The summed E-state index contributed by atoms with van der Waals surface area (Å²) in [6.07, 6.45) is 4.51. The molecule has 0 spiro atoms. The predicted octanol–water partition coefficient (Wildman–Crippen LogP) is 5.34. The maximum absolute atomic E-state index is 6.28. The summed E-state index contributed by atoms with van der Waals surface area (Å²) in [5.74, 6) is 0. The Morgan fingerprint density at radius 1 is 1.16 bits per heavy atom. The van der Waals surface area contributed by atoms with Crippen LogP contribution in [0.25, 0.3) is 0 Å². The summed E-state index contributed by atoms with van der Waals surface area (Å²) in [7, 11) is 0. The molecule has 1 rings (SSSR count). The number of benzene rings is 1. The van der Waals surface area contributed by atoms with Crippen LogP contribution in [-0.4, -0.2) is 13.1 Å². The van der Waals surface area contributed by atoms with Crippen molar-refractivity contribution in [2.45, 2.75) is 46.5 Å². The highest BCUT2D eigenvalue weighted by Crippen LogP contribution is 2.32. The fourth-order valence-corrected chi connectivity index (χ4v) is 2.93. The number of nitrogens with one attached hydrogen (secondary N) is 1. The molecule has 19 heavy (non-hydrogen) atoms. The molecule has 0 aliphatic carbocycles. The molecule has 0 heterocycles. The molecule has 3 heteroatoms. The zero-order valence-corrected chi connectivity index (χ0v) is 13.7. The molecule has 1 nitrogen and oxygen atoms in total. The van der Waals surface area contributed by atoms with Crippen molar-refractivity contribution in [2.24, 2.45) is 5.41 Å². The van der Waals surface area contributed by atoms with Gasteiger partial charge in [0.25, 0.3) is 0 Å². The Morgan fingerprint density at radius 2 is 1.89 bits per heavy atom. The van der Waals surface area contributed by atoms with E-state index in [4.69, 9.17) is 23.2 Å². The molecule has 0 aliphatic rings. The number of rotatable bonds is 8. The van der Waals surface area contributed by atoms with Crippen LogP contribution in [0.15, 0.2) is 18.2 Å². The molecule has 0 aliphatic heterocycles. The molecule has 0 fully saturated rings. The van der Waals surface area contributed by atoms with Gasteiger partial charge in [0.05, 0.1) is 0 Å². The molecular weight excluding hydrogens is 277 g/mol. The summed E-state index contributed by atoms with van der Waals surface area (Å²) in [5, 5.41) is 5.12. The van der Waals surface area contributed by atoms with Gasteiger partial charge in [-0.25, -0.2) is 0 Å². The molecule has 0 aromatic heterocycles. The molecule has 1 N–H and O–H groups in total. The second-order valence-electron chi connectivity index (χ2n) is 5.65. The first kappa shape index (κ1) is 16.8. The molecule has 0 amide bonds. The quantitative estimate of drug-likeness (QED) is 0.639. The predicted molar refractivity (Wildman–Crippen MR) is 86.3 cm³/mol. The van der Waals surface area contributed by atoms with E-state index in [1.54, 1.807) is 0 Å². The molecule has 1 atom stereocenters. The van der Waals surface area contributed by atoms with E-state index in [-0.39, 0.29) is 5.41 Å². The lowest BCUT2D eigenvalue weighted by atomic mass is 9.79. The highest BCUT2D eigenvalue weighted by molar-refractivity contribution is 6.33. The van der Waals surface area contributed by atoms with E-state index in [0.29, 0.717) is 0 Å². The van der Waals surface area contributed by atoms with Gasteiger partial charge in [-0.2, -0.15) is 0 Å². The van der Waals surface area contributed by atoms with E-state index in [1.165, 1.54) is 19.3 Å². The van der Waals surface area contributed by atoms with Crippen LogP contribution in [0.5, 0.6) is 0 Å². The monoisotopic (exact) mass is 301 g/mol. The van der Waals surface area contributed by atoms with Crippen molar-refractivity contribution in [3.8, 4) is 0 Å². The normalized spacial score (nSPS) is 14.4. The van der Waals surface area contributed by atoms with Crippen LogP contribution in [0.4, 0.5) is 0 Å². The van der Waals surface area contributed by atoms with E-state index >= 15 is 0 Å². The second-order valence-corrected chi connectivity index (χ2v) is 6.49. The largest absolute Gasteiger partial charge is 0.316 e. The van der Waals surface area contributed by atoms with Gasteiger partial charge in [-0.05, 0) is 55.0 Å². The topological polar surface area (TPSA) is 12.0 Å². The van der Waals surface area contributed by atoms with Crippen molar-refractivity contribution < 1.29 is 0 Å². The lowest BCUT2D eigenvalue weighted by molar-refractivity contribution is 0.275. The lowest BCUT2D eigenvalue weighted by Gasteiger charge is -2.30. The van der Waals surface area contributed by atoms with Crippen LogP contribution < -0.4 is 5.32 Å². The van der Waals surface area contributed by atoms with Crippen molar-refractivity contribution in [1.29, 1.82) is 0 Å². The standard InChI is InChI=1S/C16H25Cl2N/c1-4-8-16(3,12-19-9-5-2)11-13-10-14(17)6-7-15(13)18/h6-7,10,19H,4-5,8-9,11-12H2,1-3H3. The van der Waals surface area contributed by atoms with Gasteiger partial charge in [0.1, 0.15) is 0 Å². The minimum Gasteiger partial charge on any atom is -0.316 e. The summed E-state index contributed by atoms with van der Waals surface area (Å²) in [4.78, 5) is 0. The van der Waals surface area contributed by atoms with Crippen LogP contribution in [0, 0.1) is 5.41 Å². The lowest BCUT2D eigenvalue weighted by Crippen LogP contribution is -2.34. The Bertz CT molecular complexity index is 392. The second kappa shape index (κ2) is 8.14. The Kier molecular flexibility index (Phi) is 7.20. The van der Waals surface area contributed by atoms with Crippen molar-refractivity contribution >= 4 is 23.2 Å². The molecule has 1 aromatic rings. The molecule has 108 valence electrons. The third-order valence-electron chi connectivity index (χ3n) is 3.46. The molecule has 0 saturated heterocycles. The molecule has 1 aromatic carbocycles.